The van der Waals surface area contributed by atoms with E-state index in [2.05, 4.69) is 4.98 Å². The van der Waals surface area contributed by atoms with Gasteiger partial charge in [0.1, 0.15) is 23.9 Å². The van der Waals surface area contributed by atoms with Crippen molar-refractivity contribution in [2.24, 2.45) is 0 Å². The molecule has 0 aliphatic heterocycles. The van der Waals surface area contributed by atoms with Crippen LogP contribution in [0.1, 0.15) is 17.2 Å². The van der Waals surface area contributed by atoms with Gasteiger partial charge in [-0.15, -0.1) is 0 Å². The molecule has 0 atom stereocenters. The Morgan fingerprint density at radius 3 is 2.94 bits per heavy atom. The summed E-state index contributed by atoms with van der Waals surface area (Å²) in [4.78, 5) is 28.6. The van der Waals surface area contributed by atoms with Crippen LogP contribution in [0.3, 0.4) is 0 Å². The molecule has 0 radical (unpaired) electrons. The van der Waals surface area contributed by atoms with E-state index in [9.17, 15) is 9.59 Å². The molecule has 17 heavy (non-hydrogen) atoms. The number of nitriles is 1. The van der Waals surface area contributed by atoms with Gasteiger partial charge in [-0.3, -0.25) is 14.3 Å². The van der Waals surface area contributed by atoms with E-state index in [1.807, 2.05) is 4.98 Å². The van der Waals surface area contributed by atoms with E-state index in [0.717, 1.165) is 4.57 Å². The number of oxazole rings is 1. The fraction of sp³-hybridized carbons (Fsp3) is 0.200. The first kappa shape index (κ1) is 10.9. The molecular formula is C10H8N4O3. The van der Waals surface area contributed by atoms with Crippen molar-refractivity contribution in [3.05, 3.63) is 50.4 Å². The summed E-state index contributed by atoms with van der Waals surface area (Å²) in [5.74, 6) is 0.957. The Hall–Kier alpha value is -2.62. The lowest BCUT2D eigenvalue weighted by atomic mass is 10.4. The highest BCUT2D eigenvalue weighted by Gasteiger charge is 2.07. The molecule has 0 spiro atoms. The standard InChI is InChI=1S/C10H8N4O3/c1-6-3-12-8(17-6)5-14-4-7(2-11)9(15)13-10(14)16/h3-4H,5H2,1H3,(H,13,15,16). The normalized spacial score (nSPS) is 10.1. The quantitative estimate of drug-likeness (QED) is 0.768. The average Bonchev–Trinajstić information content (AvgIpc) is 2.68. The fourth-order valence-electron chi connectivity index (χ4n) is 1.33. The summed E-state index contributed by atoms with van der Waals surface area (Å²) < 4.78 is 6.36. The van der Waals surface area contributed by atoms with Gasteiger partial charge in [0.25, 0.3) is 5.56 Å². The Bertz CT molecular complexity index is 701. The van der Waals surface area contributed by atoms with E-state index in [1.165, 1.54) is 12.4 Å². The zero-order chi connectivity index (χ0) is 12.4. The molecule has 0 saturated carbocycles. The number of hydrogen-bond donors (Lipinski definition) is 1. The van der Waals surface area contributed by atoms with Crippen LogP contribution in [0.25, 0.3) is 0 Å². The molecule has 2 aromatic rings. The monoisotopic (exact) mass is 232 g/mol. The van der Waals surface area contributed by atoms with E-state index in [1.54, 1.807) is 13.0 Å². The largest absolute Gasteiger partial charge is 0.444 e. The molecule has 1 N–H and O–H groups in total. The third-order valence-electron chi connectivity index (χ3n) is 2.11. The van der Waals surface area contributed by atoms with Gasteiger partial charge in [-0.1, -0.05) is 0 Å². The van der Waals surface area contributed by atoms with E-state index >= 15 is 0 Å². The molecule has 0 aliphatic carbocycles. The second kappa shape index (κ2) is 4.09. The maximum absolute atomic E-state index is 11.4. The van der Waals surface area contributed by atoms with Gasteiger partial charge in [-0.2, -0.15) is 5.26 Å². The van der Waals surface area contributed by atoms with Gasteiger partial charge in [0.05, 0.1) is 6.20 Å². The van der Waals surface area contributed by atoms with Gasteiger partial charge in [0.15, 0.2) is 0 Å². The maximum atomic E-state index is 11.4. The van der Waals surface area contributed by atoms with Gasteiger partial charge in [0.2, 0.25) is 5.89 Å². The zero-order valence-electron chi connectivity index (χ0n) is 8.93. The first-order valence-corrected chi connectivity index (χ1v) is 4.75. The van der Waals surface area contributed by atoms with Crippen LogP contribution in [-0.4, -0.2) is 14.5 Å². The molecule has 7 nitrogen and oxygen atoms in total. The molecule has 2 heterocycles. The predicted octanol–water partition coefficient (Wildman–Crippen LogP) is -0.247. The van der Waals surface area contributed by atoms with Crippen LogP contribution in [0, 0.1) is 18.3 Å². The molecule has 0 unspecified atom stereocenters. The second-order valence-corrected chi connectivity index (χ2v) is 3.41. The molecule has 0 bridgehead atoms. The first-order valence-electron chi connectivity index (χ1n) is 4.75. The fourth-order valence-corrected chi connectivity index (χ4v) is 1.33. The number of nitrogens with one attached hydrogen (secondary N) is 1. The van der Waals surface area contributed by atoms with Crippen LogP contribution < -0.4 is 11.2 Å². The third-order valence-corrected chi connectivity index (χ3v) is 2.11. The minimum atomic E-state index is -0.697. The van der Waals surface area contributed by atoms with Crippen molar-refractivity contribution in [1.82, 2.24) is 14.5 Å². The van der Waals surface area contributed by atoms with Gasteiger partial charge in [-0.25, -0.2) is 9.78 Å². The molecule has 2 rings (SSSR count). The lowest BCUT2D eigenvalue weighted by molar-refractivity contribution is 0.452. The predicted molar refractivity (Wildman–Crippen MR) is 56.4 cm³/mol. The molecule has 0 saturated heterocycles. The van der Waals surface area contributed by atoms with Crippen molar-refractivity contribution in [2.75, 3.05) is 0 Å². The Morgan fingerprint density at radius 1 is 1.59 bits per heavy atom. The topological polar surface area (TPSA) is 105 Å². The van der Waals surface area contributed by atoms with Crippen LogP contribution >= 0.6 is 0 Å². The Kier molecular flexibility index (Phi) is 2.62. The molecule has 86 valence electrons. The SMILES string of the molecule is Cc1cnc(Cn2cc(C#N)c(=O)[nH]c2=O)o1. The summed E-state index contributed by atoms with van der Waals surface area (Å²) in [5, 5.41) is 8.68. The number of nitrogens with zero attached hydrogens (tertiary/aromatic N) is 3. The van der Waals surface area contributed by atoms with Gasteiger partial charge >= 0.3 is 5.69 Å². The molecule has 0 aliphatic rings. The number of aryl methyl sites for hydroxylation is 1. The third kappa shape index (κ3) is 2.15. The van der Waals surface area contributed by atoms with Crippen molar-refractivity contribution in [2.45, 2.75) is 13.5 Å². The summed E-state index contributed by atoms with van der Waals surface area (Å²) in [6.45, 7) is 1.80. The maximum Gasteiger partial charge on any atom is 0.328 e. The van der Waals surface area contributed by atoms with Crippen LogP contribution in [0.5, 0.6) is 0 Å². The molecular weight excluding hydrogens is 224 g/mol. The minimum absolute atomic E-state index is 0.0676. The molecule has 7 heteroatoms. The summed E-state index contributed by atoms with van der Waals surface area (Å²) in [5.41, 5.74) is -1.44. The van der Waals surface area contributed by atoms with E-state index < -0.39 is 11.2 Å². The van der Waals surface area contributed by atoms with Crippen molar-refractivity contribution in [1.29, 1.82) is 5.26 Å². The number of rotatable bonds is 2. The Labute approximate surface area is 95.0 Å². The summed E-state index contributed by atoms with van der Waals surface area (Å²) >= 11 is 0. The van der Waals surface area contributed by atoms with Crippen LogP contribution in [0.2, 0.25) is 0 Å². The second-order valence-electron chi connectivity index (χ2n) is 3.41. The minimum Gasteiger partial charge on any atom is -0.444 e. The van der Waals surface area contributed by atoms with Crippen molar-refractivity contribution in [3.63, 3.8) is 0 Å². The van der Waals surface area contributed by atoms with E-state index in [0.29, 0.717) is 11.7 Å². The number of aromatic amines is 1. The van der Waals surface area contributed by atoms with Gasteiger partial charge < -0.3 is 4.42 Å². The van der Waals surface area contributed by atoms with Crippen molar-refractivity contribution < 1.29 is 4.42 Å². The van der Waals surface area contributed by atoms with E-state index in [-0.39, 0.29) is 12.1 Å². The van der Waals surface area contributed by atoms with Crippen LogP contribution in [0.4, 0.5) is 0 Å². The Morgan fingerprint density at radius 2 is 2.35 bits per heavy atom. The van der Waals surface area contributed by atoms with Crippen molar-refractivity contribution in [3.8, 4) is 6.07 Å². The number of hydrogen-bond acceptors (Lipinski definition) is 5. The lowest BCUT2D eigenvalue weighted by Gasteiger charge is -2.01. The highest BCUT2D eigenvalue weighted by molar-refractivity contribution is 5.21. The molecule has 2 aromatic heterocycles. The Balaban J connectivity index is 2.43. The first-order chi connectivity index (χ1) is 8.10. The summed E-state index contributed by atoms with van der Waals surface area (Å²) in [6.07, 6.45) is 2.71. The number of H-pyrrole nitrogens is 1. The molecule has 0 aromatic carbocycles. The van der Waals surface area contributed by atoms with Gasteiger partial charge in [0, 0.05) is 6.20 Å². The average molecular weight is 232 g/mol. The highest BCUT2D eigenvalue weighted by atomic mass is 16.4. The van der Waals surface area contributed by atoms with E-state index in [4.69, 9.17) is 9.68 Å². The van der Waals surface area contributed by atoms with Crippen LogP contribution in [-0.2, 0) is 6.54 Å². The van der Waals surface area contributed by atoms with Crippen molar-refractivity contribution >= 4 is 0 Å². The summed E-state index contributed by atoms with van der Waals surface area (Å²) in [6, 6.07) is 1.70. The molecule has 0 amide bonds. The summed E-state index contributed by atoms with van der Waals surface area (Å²) in [7, 11) is 0. The smallest absolute Gasteiger partial charge is 0.328 e. The number of aromatic nitrogens is 3. The zero-order valence-corrected chi connectivity index (χ0v) is 8.93. The van der Waals surface area contributed by atoms with Gasteiger partial charge in [-0.05, 0) is 6.92 Å². The lowest BCUT2D eigenvalue weighted by Crippen LogP contribution is -2.31. The highest BCUT2D eigenvalue weighted by Crippen LogP contribution is 2.02. The molecule has 0 fully saturated rings. The van der Waals surface area contributed by atoms with Crippen LogP contribution in [0.15, 0.2) is 26.4 Å².